The van der Waals surface area contributed by atoms with Gasteiger partial charge in [-0.3, -0.25) is 4.79 Å². The maximum absolute atomic E-state index is 12.8. The van der Waals surface area contributed by atoms with Crippen molar-refractivity contribution in [2.75, 3.05) is 11.9 Å². The number of aryl methyl sites for hydroxylation is 1. The van der Waals surface area contributed by atoms with Crippen LogP contribution in [0.25, 0.3) is 17.2 Å². The van der Waals surface area contributed by atoms with Crippen molar-refractivity contribution in [1.82, 2.24) is 5.32 Å². The number of carbonyl (C=O) groups is 2. The second-order valence-corrected chi connectivity index (χ2v) is 10.6. The summed E-state index contributed by atoms with van der Waals surface area (Å²) in [4.78, 5) is 25.4. The Bertz CT molecular complexity index is 1160. The molecule has 0 spiro atoms. The van der Waals surface area contributed by atoms with E-state index >= 15 is 0 Å². The van der Waals surface area contributed by atoms with Crippen molar-refractivity contribution in [1.29, 1.82) is 0 Å². The summed E-state index contributed by atoms with van der Waals surface area (Å²) < 4.78 is 3.37. The summed E-state index contributed by atoms with van der Waals surface area (Å²) >= 11 is 19.7. The van der Waals surface area contributed by atoms with Crippen molar-refractivity contribution in [3.63, 3.8) is 0 Å². The van der Waals surface area contributed by atoms with Gasteiger partial charge in [-0.1, -0.05) is 95.0 Å². The summed E-state index contributed by atoms with van der Waals surface area (Å²) in [5.41, 5.74) is 3.78. The van der Waals surface area contributed by atoms with Gasteiger partial charge in [-0.05, 0) is 31.1 Å². The Kier molecular flexibility index (Phi) is 9.03. The number of nitrogens with one attached hydrogen (secondary N) is 2. The number of benzene rings is 2. The number of hydrogen-bond donors (Lipinski definition) is 2. The predicted molar refractivity (Wildman–Crippen MR) is 142 cm³/mol. The number of alkyl halides is 3. The topological polar surface area (TPSA) is 67.4 Å². The van der Waals surface area contributed by atoms with Crippen LogP contribution in [0.5, 0.6) is 0 Å². The minimum absolute atomic E-state index is 0.205. The molecule has 1 aromatic heterocycles. The van der Waals surface area contributed by atoms with Crippen LogP contribution in [-0.2, 0) is 9.53 Å². The van der Waals surface area contributed by atoms with Crippen LogP contribution >= 0.6 is 46.1 Å². The van der Waals surface area contributed by atoms with E-state index in [-0.39, 0.29) is 6.61 Å². The SMILES string of the molecule is CCOC(=O)c1c(-c2ccc(C)cc2)csc1N[C@H](NC(=O)/C=C/c1ccccc1)C(Cl)(Cl)Cl. The molecule has 9 heteroatoms. The molecule has 2 N–H and O–H groups in total. The zero-order valence-electron chi connectivity index (χ0n) is 18.5. The van der Waals surface area contributed by atoms with E-state index in [9.17, 15) is 9.59 Å². The van der Waals surface area contributed by atoms with Crippen molar-refractivity contribution in [2.45, 2.75) is 23.8 Å². The van der Waals surface area contributed by atoms with E-state index < -0.39 is 21.8 Å². The van der Waals surface area contributed by atoms with E-state index in [1.807, 2.05) is 66.9 Å². The maximum Gasteiger partial charge on any atom is 0.341 e. The molecule has 0 aliphatic heterocycles. The number of amides is 1. The number of hydrogen-bond acceptors (Lipinski definition) is 5. The van der Waals surface area contributed by atoms with Gasteiger partial charge in [-0.15, -0.1) is 11.3 Å². The predicted octanol–water partition coefficient (Wildman–Crippen LogP) is 6.84. The second kappa shape index (κ2) is 11.8. The quantitative estimate of drug-likeness (QED) is 0.143. The molecule has 0 bridgehead atoms. The lowest BCUT2D eigenvalue weighted by molar-refractivity contribution is -0.116. The number of carbonyl (C=O) groups excluding carboxylic acids is 2. The Morgan fingerprint density at radius 1 is 1.09 bits per heavy atom. The third kappa shape index (κ3) is 7.00. The molecule has 0 saturated heterocycles. The molecular weight excluding hydrogens is 515 g/mol. The number of rotatable bonds is 8. The van der Waals surface area contributed by atoms with Crippen LogP contribution in [0.3, 0.4) is 0 Å². The number of ether oxygens (including phenoxy) is 1. The molecule has 2 aromatic carbocycles. The fourth-order valence-corrected chi connectivity index (χ4v) is 4.39. The first-order valence-corrected chi connectivity index (χ1v) is 12.4. The first-order valence-electron chi connectivity index (χ1n) is 10.4. The molecule has 178 valence electrons. The summed E-state index contributed by atoms with van der Waals surface area (Å²) in [6.45, 7) is 3.92. The summed E-state index contributed by atoms with van der Waals surface area (Å²) in [7, 11) is 0. The number of esters is 1. The van der Waals surface area contributed by atoms with Gasteiger partial charge in [0, 0.05) is 17.0 Å². The van der Waals surface area contributed by atoms with Crippen molar-refractivity contribution >= 4 is 69.1 Å². The smallest absolute Gasteiger partial charge is 0.341 e. The van der Waals surface area contributed by atoms with Gasteiger partial charge in [-0.2, -0.15) is 0 Å². The number of anilines is 1. The van der Waals surface area contributed by atoms with Crippen LogP contribution in [0.1, 0.15) is 28.4 Å². The first kappa shape index (κ1) is 26.1. The highest BCUT2D eigenvalue weighted by Crippen LogP contribution is 2.39. The van der Waals surface area contributed by atoms with E-state index in [2.05, 4.69) is 10.6 Å². The lowest BCUT2D eigenvalue weighted by atomic mass is 10.0. The van der Waals surface area contributed by atoms with Gasteiger partial charge in [0.15, 0.2) is 0 Å². The largest absolute Gasteiger partial charge is 0.462 e. The van der Waals surface area contributed by atoms with E-state index in [0.717, 1.165) is 16.7 Å². The van der Waals surface area contributed by atoms with Gasteiger partial charge in [0.1, 0.15) is 16.7 Å². The lowest BCUT2D eigenvalue weighted by Gasteiger charge is -2.26. The van der Waals surface area contributed by atoms with Crippen LogP contribution in [-0.4, -0.2) is 28.4 Å². The highest BCUT2D eigenvalue weighted by atomic mass is 35.6. The van der Waals surface area contributed by atoms with Crippen LogP contribution in [0.2, 0.25) is 0 Å². The van der Waals surface area contributed by atoms with Gasteiger partial charge in [0.05, 0.1) is 6.61 Å². The van der Waals surface area contributed by atoms with Crippen molar-refractivity contribution in [3.8, 4) is 11.1 Å². The zero-order valence-corrected chi connectivity index (χ0v) is 21.6. The average Bonchev–Trinajstić information content (AvgIpc) is 3.22. The Morgan fingerprint density at radius 3 is 2.38 bits per heavy atom. The van der Waals surface area contributed by atoms with E-state index in [1.54, 1.807) is 13.0 Å². The summed E-state index contributed by atoms with van der Waals surface area (Å²) in [5, 5.41) is 7.91. The number of halogens is 3. The molecule has 0 radical (unpaired) electrons. The molecule has 0 aliphatic rings. The molecule has 3 aromatic rings. The summed E-state index contributed by atoms with van der Waals surface area (Å²) in [6.07, 6.45) is 1.87. The summed E-state index contributed by atoms with van der Waals surface area (Å²) in [6, 6.07) is 17.1. The molecule has 0 unspecified atom stereocenters. The molecular formula is C25H23Cl3N2O3S. The third-order valence-corrected chi connectivity index (χ3v) is 6.32. The molecule has 34 heavy (non-hydrogen) atoms. The zero-order chi connectivity index (χ0) is 24.7. The Labute approximate surface area is 217 Å². The van der Waals surface area contributed by atoms with E-state index in [1.165, 1.54) is 17.4 Å². The number of thiophene rings is 1. The second-order valence-electron chi connectivity index (χ2n) is 7.31. The minimum Gasteiger partial charge on any atom is -0.462 e. The van der Waals surface area contributed by atoms with Crippen molar-refractivity contribution in [3.05, 3.63) is 82.7 Å². The highest BCUT2D eigenvalue weighted by molar-refractivity contribution is 7.15. The van der Waals surface area contributed by atoms with Crippen LogP contribution in [0, 0.1) is 6.92 Å². The molecule has 5 nitrogen and oxygen atoms in total. The normalized spacial score (nSPS) is 12.4. The molecule has 1 atom stereocenters. The molecule has 0 fully saturated rings. The van der Waals surface area contributed by atoms with Crippen LogP contribution < -0.4 is 10.6 Å². The van der Waals surface area contributed by atoms with Gasteiger partial charge in [0.25, 0.3) is 0 Å². The lowest BCUT2D eigenvalue weighted by Crippen LogP contribution is -2.48. The third-order valence-electron chi connectivity index (χ3n) is 4.75. The minimum atomic E-state index is -1.91. The fourth-order valence-electron chi connectivity index (χ4n) is 3.07. The van der Waals surface area contributed by atoms with Crippen molar-refractivity contribution in [2.24, 2.45) is 0 Å². The molecule has 1 amide bonds. The maximum atomic E-state index is 12.8. The van der Waals surface area contributed by atoms with Gasteiger partial charge >= 0.3 is 5.97 Å². The highest BCUT2D eigenvalue weighted by Gasteiger charge is 2.35. The average molecular weight is 538 g/mol. The summed E-state index contributed by atoms with van der Waals surface area (Å²) in [5.74, 6) is -0.985. The molecule has 1 heterocycles. The molecule has 3 rings (SSSR count). The fraction of sp³-hybridized carbons (Fsp3) is 0.200. The van der Waals surface area contributed by atoms with Crippen molar-refractivity contribution < 1.29 is 14.3 Å². The first-order chi connectivity index (χ1) is 16.2. The van der Waals surface area contributed by atoms with Gasteiger partial charge in [-0.25, -0.2) is 4.79 Å². The Morgan fingerprint density at radius 2 is 1.76 bits per heavy atom. The van der Waals surface area contributed by atoms with Gasteiger partial charge < -0.3 is 15.4 Å². The Balaban J connectivity index is 1.88. The van der Waals surface area contributed by atoms with Gasteiger partial charge in [0.2, 0.25) is 9.70 Å². The Hall–Kier alpha value is -2.51. The monoisotopic (exact) mass is 536 g/mol. The van der Waals surface area contributed by atoms with E-state index in [4.69, 9.17) is 39.5 Å². The van der Waals surface area contributed by atoms with E-state index in [0.29, 0.717) is 16.1 Å². The molecule has 0 aliphatic carbocycles. The van der Waals surface area contributed by atoms with Crippen LogP contribution in [0.4, 0.5) is 5.00 Å². The van der Waals surface area contributed by atoms with Crippen LogP contribution in [0.15, 0.2) is 66.1 Å². The molecule has 0 saturated carbocycles. The standard InChI is InChI=1S/C25H23Cl3N2O3S/c1-3-33-23(32)21-19(18-12-9-16(2)10-13-18)15-34-22(21)30-24(25(26,27)28)29-20(31)14-11-17-7-5-4-6-8-17/h4-15,24,30H,3H2,1-2H3,(H,29,31)/b14-11+/t24-/m0/s1.